The molecule has 1 aliphatic heterocycles. The van der Waals surface area contributed by atoms with E-state index in [0.717, 1.165) is 16.5 Å². The van der Waals surface area contributed by atoms with Crippen molar-refractivity contribution in [2.24, 2.45) is 0 Å². The molecule has 1 aliphatic rings. The monoisotopic (exact) mass is 414 g/mol. The molecule has 0 fully saturated rings. The number of para-hydroxylation sites is 1. The minimum Gasteiger partial charge on any atom is -0.383 e. The van der Waals surface area contributed by atoms with Gasteiger partial charge in [0.1, 0.15) is 22.7 Å². The van der Waals surface area contributed by atoms with Crippen LogP contribution in [0.15, 0.2) is 54.6 Å². The number of rotatable bonds is 5. The van der Waals surface area contributed by atoms with Crippen LogP contribution in [0.4, 0.5) is 11.6 Å². The van der Waals surface area contributed by atoms with E-state index >= 15 is 0 Å². The molecule has 0 saturated carbocycles. The highest BCUT2D eigenvalue weighted by Gasteiger charge is 2.47. The molecule has 1 amide bonds. The van der Waals surface area contributed by atoms with E-state index in [4.69, 9.17) is 15.6 Å². The predicted octanol–water partition coefficient (Wildman–Crippen LogP) is 2.98. The van der Waals surface area contributed by atoms with Crippen molar-refractivity contribution in [3.63, 3.8) is 0 Å². The largest absolute Gasteiger partial charge is 0.383 e. The Morgan fingerprint density at radius 1 is 1.10 bits per heavy atom. The van der Waals surface area contributed by atoms with Crippen LogP contribution in [0.5, 0.6) is 0 Å². The Balaban J connectivity index is 1.67. The number of aromatic nitrogens is 4. The number of methoxy groups -OCH3 is 1. The summed E-state index contributed by atoms with van der Waals surface area (Å²) in [7, 11) is 1.66. The smallest absolute Gasteiger partial charge is 0.240 e. The van der Waals surface area contributed by atoms with Crippen LogP contribution in [0.25, 0.3) is 22.4 Å². The number of ether oxygens (including phenoxy) is 1. The number of nitrogens with zero attached hydrogens (tertiary/aromatic N) is 4. The second kappa shape index (κ2) is 7.17. The normalized spacial score (nSPS) is 17.7. The third-order valence-corrected chi connectivity index (χ3v) is 5.85. The molecule has 8 heteroatoms. The Morgan fingerprint density at radius 3 is 2.61 bits per heavy atom. The molecule has 8 nitrogen and oxygen atoms in total. The highest BCUT2D eigenvalue weighted by molar-refractivity contribution is 6.09. The van der Waals surface area contributed by atoms with Gasteiger partial charge in [0.15, 0.2) is 5.82 Å². The summed E-state index contributed by atoms with van der Waals surface area (Å²) >= 11 is 0. The fourth-order valence-corrected chi connectivity index (χ4v) is 4.20. The Kier molecular flexibility index (Phi) is 4.44. The number of carbonyl (C=O) groups is 1. The molecule has 0 saturated heterocycles. The molecule has 2 aromatic carbocycles. The van der Waals surface area contributed by atoms with Crippen molar-refractivity contribution in [3.05, 3.63) is 65.7 Å². The number of nitrogens with two attached hydrogens (primary N) is 1. The van der Waals surface area contributed by atoms with Crippen LogP contribution in [-0.2, 0) is 21.5 Å². The summed E-state index contributed by atoms with van der Waals surface area (Å²) in [6.45, 7) is 2.97. The molecule has 31 heavy (non-hydrogen) atoms. The van der Waals surface area contributed by atoms with Crippen LogP contribution in [0.3, 0.4) is 0 Å². The maximum Gasteiger partial charge on any atom is 0.240 e. The van der Waals surface area contributed by atoms with E-state index in [1.54, 1.807) is 7.11 Å². The van der Waals surface area contributed by atoms with Gasteiger partial charge in [-0.05, 0) is 18.6 Å². The van der Waals surface area contributed by atoms with E-state index in [-0.39, 0.29) is 11.7 Å². The molecule has 0 bridgehead atoms. The summed E-state index contributed by atoms with van der Waals surface area (Å²) in [4.78, 5) is 22.3. The lowest BCUT2D eigenvalue weighted by atomic mass is 9.78. The second-order valence-electron chi connectivity index (χ2n) is 7.68. The van der Waals surface area contributed by atoms with Gasteiger partial charge in [-0.25, -0.2) is 9.97 Å². The Morgan fingerprint density at radius 2 is 1.84 bits per heavy atom. The van der Waals surface area contributed by atoms with Crippen LogP contribution in [0, 0.1) is 0 Å². The van der Waals surface area contributed by atoms with Gasteiger partial charge < -0.3 is 15.8 Å². The lowest BCUT2D eigenvalue weighted by Crippen LogP contribution is -2.32. The standard InChI is InChI=1S/C23H22N6O2/c1-23(14-8-4-3-5-9-14)17-19(24)25-21(26-20(17)27-22(23)30)18-15-10-6-7-11-16(15)29(28-18)12-13-31-2/h3-11H,12-13H2,1-2H3,(H3,24,25,26,27,30). The zero-order chi connectivity index (χ0) is 21.6. The molecule has 3 heterocycles. The molecule has 5 rings (SSSR count). The molecule has 3 N–H and O–H groups in total. The van der Waals surface area contributed by atoms with Crippen LogP contribution >= 0.6 is 0 Å². The number of hydrogen-bond acceptors (Lipinski definition) is 6. The topological polar surface area (TPSA) is 108 Å². The second-order valence-corrected chi connectivity index (χ2v) is 7.68. The number of amides is 1. The third kappa shape index (κ3) is 2.87. The average molecular weight is 414 g/mol. The predicted molar refractivity (Wildman–Crippen MR) is 119 cm³/mol. The molecular weight excluding hydrogens is 392 g/mol. The van der Waals surface area contributed by atoms with Gasteiger partial charge in [-0.1, -0.05) is 48.5 Å². The van der Waals surface area contributed by atoms with Gasteiger partial charge in [-0.3, -0.25) is 9.48 Å². The van der Waals surface area contributed by atoms with Gasteiger partial charge in [0.2, 0.25) is 5.91 Å². The average Bonchev–Trinajstić information content (AvgIpc) is 3.28. The Bertz CT molecular complexity index is 1300. The SMILES string of the molecule is COCCn1nc(-c2nc(N)c3c(n2)NC(=O)C3(C)c2ccccc2)c2ccccc21. The van der Waals surface area contributed by atoms with Crippen molar-refractivity contribution < 1.29 is 9.53 Å². The molecule has 2 aromatic heterocycles. The highest BCUT2D eigenvalue weighted by Crippen LogP contribution is 2.45. The molecule has 1 unspecified atom stereocenters. The fraction of sp³-hybridized carbons (Fsp3) is 0.217. The molecule has 4 aromatic rings. The highest BCUT2D eigenvalue weighted by atomic mass is 16.5. The zero-order valence-corrected chi connectivity index (χ0v) is 17.3. The quantitative estimate of drug-likeness (QED) is 0.520. The number of benzene rings is 2. The molecular formula is C23H22N6O2. The zero-order valence-electron chi connectivity index (χ0n) is 17.3. The summed E-state index contributed by atoms with van der Waals surface area (Å²) in [6, 6.07) is 17.4. The van der Waals surface area contributed by atoms with E-state index in [9.17, 15) is 4.79 Å². The van der Waals surface area contributed by atoms with Gasteiger partial charge in [-0.15, -0.1) is 0 Å². The Hall–Kier alpha value is -3.78. The van der Waals surface area contributed by atoms with Crippen molar-refractivity contribution in [2.45, 2.75) is 18.9 Å². The first kappa shape index (κ1) is 19.2. The Labute approximate surface area is 179 Å². The number of nitrogen functional groups attached to an aromatic ring is 1. The van der Waals surface area contributed by atoms with Crippen molar-refractivity contribution in [1.82, 2.24) is 19.7 Å². The molecule has 0 aliphatic carbocycles. The van der Waals surface area contributed by atoms with Crippen molar-refractivity contribution in [2.75, 3.05) is 24.8 Å². The number of nitrogens with one attached hydrogen (secondary N) is 1. The van der Waals surface area contributed by atoms with E-state index in [1.165, 1.54) is 0 Å². The van der Waals surface area contributed by atoms with Crippen LogP contribution in [-0.4, -0.2) is 39.4 Å². The van der Waals surface area contributed by atoms with Crippen molar-refractivity contribution in [3.8, 4) is 11.5 Å². The number of anilines is 2. The first-order chi connectivity index (χ1) is 15.0. The third-order valence-electron chi connectivity index (χ3n) is 5.85. The first-order valence-corrected chi connectivity index (χ1v) is 10.0. The number of carbonyl (C=O) groups excluding carboxylic acids is 1. The van der Waals surface area contributed by atoms with Gasteiger partial charge in [0.05, 0.1) is 24.2 Å². The summed E-state index contributed by atoms with van der Waals surface area (Å²) in [5.74, 6) is 0.887. The molecule has 0 spiro atoms. The van der Waals surface area contributed by atoms with Gasteiger partial charge in [0, 0.05) is 12.5 Å². The van der Waals surface area contributed by atoms with Crippen LogP contribution < -0.4 is 11.1 Å². The summed E-state index contributed by atoms with van der Waals surface area (Å²) in [6.07, 6.45) is 0. The van der Waals surface area contributed by atoms with Gasteiger partial charge in [0.25, 0.3) is 0 Å². The van der Waals surface area contributed by atoms with Gasteiger partial charge in [-0.2, -0.15) is 5.10 Å². The van der Waals surface area contributed by atoms with E-state index in [1.807, 2.05) is 66.2 Å². The molecule has 156 valence electrons. The minimum atomic E-state index is -0.959. The minimum absolute atomic E-state index is 0.178. The van der Waals surface area contributed by atoms with Crippen LogP contribution in [0.2, 0.25) is 0 Å². The van der Waals surface area contributed by atoms with E-state index in [0.29, 0.717) is 36.1 Å². The first-order valence-electron chi connectivity index (χ1n) is 10.0. The number of fused-ring (bicyclic) bond motifs is 2. The van der Waals surface area contributed by atoms with Crippen molar-refractivity contribution >= 4 is 28.4 Å². The summed E-state index contributed by atoms with van der Waals surface area (Å²) < 4.78 is 7.08. The lowest BCUT2D eigenvalue weighted by Gasteiger charge is -2.23. The number of hydrogen-bond donors (Lipinski definition) is 2. The maximum absolute atomic E-state index is 13.0. The molecule has 1 atom stereocenters. The molecule has 0 radical (unpaired) electrons. The van der Waals surface area contributed by atoms with Crippen molar-refractivity contribution in [1.29, 1.82) is 0 Å². The maximum atomic E-state index is 13.0. The lowest BCUT2D eigenvalue weighted by molar-refractivity contribution is -0.119. The van der Waals surface area contributed by atoms with Crippen LogP contribution in [0.1, 0.15) is 18.1 Å². The van der Waals surface area contributed by atoms with E-state index < -0.39 is 5.41 Å². The summed E-state index contributed by atoms with van der Waals surface area (Å²) in [5, 5.41) is 8.53. The van der Waals surface area contributed by atoms with E-state index in [2.05, 4.69) is 15.3 Å². The fourth-order valence-electron chi connectivity index (χ4n) is 4.20. The summed E-state index contributed by atoms with van der Waals surface area (Å²) in [5.41, 5.74) is 8.46. The van der Waals surface area contributed by atoms with Gasteiger partial charge >= 0.3 is 0 Å².